The van der Waals surface area contributed by atoms with Gasteiger partial charge in [-0.1, -0.05) is 26.8 Å². The maximum Gasteiger partial charge on any atom is 0.330 e. The predicted molar refractivity (Wildman–Crippen MR) is 103 cm³/mol. The Morgan fingerprint density at radius 3 is 2.08 bits per heavy atom. The highest BCUT2D eigenvalue weighted by Crippen LogP contribution is 2.49. The van der Waals surface area contributed by atoms with Crippen LogP contribution in [0.3, 0.4) is 0 Å². The van der Waals surface area contributed by atoms with Gasteiger partial charge in [-0.3, -0.25) is 4.57 Å². The summed E-state index contributed by atoms with van der Waals surface area (Å²) in [7, 11) is -5.20. The van der Waals surface area contributed by atoms with Gasteiger partial charge >= 0.3 is 7.60 Å². The lowest BCUT2D eigenvalue weighted by atomic mass is 10.1. The number of aliphatic hydroxyl groups is 1. The second-order valence-corrected chi connectivity index (χ2v) is 14.4. The van der Waals surface area contributed by atoms with Crippen molar-refractivity contribution in [2.24, 2.45) is 0 Å². The van der Waals surface area contributed by atoms with E-state index in [9.17, 15) is 9.67 Å². The van der Waals surface area contributed by atoms with Gasteiger partial charge in [-0.2, -0.15) is 0 Å². The molecule has 7 heteroatoms. The summed E-state index contributed by atoms with van der Waals surface area (Å²) in [5, 5.41) is 10.5. The van der Waals surface area contributed by atoms with Crippen molar-refractivity contribution in [3.63, 3.8) is 0 Å². The maximum atomic E-state index is 12.7. The van der Waals surface area contributed by atoms with Gasteiger partial charge in [0.15, 0.2) is 8.32 Å². The zero-order chi connectivity index (χ0) is 19.0. The van der Waals surface area contributed by atoms with Gasteiger partial charge in [-0.15, -0.1) is 6.58 Å². The number of rotatable bonds is 12. The molecule has 0 radical (unpaired) electrons. The van der Waals surface area contributed by atoms with Crippen molar-refractivity contribution in [2.75, 3.05) is 19.4 Å². The average molecular weight is 381 g/mol. The second kappa shape index (κ2) is 10.2. The molecule has 0 aliphatic rings. The van der Waals surface area contributed by atoms with Crippen LogP contribution in [0.5, 0.6) is 0 Å². The van der Waals surface area contributed by atoms with Crippen LogP contribution in [0.25, 0.3) is 0 Å². The lowest BCUT2D eigenvalue weighted by molar-refractivity contribution is 0.0269. The molecule has 0 aromatic carbocycles. The van der Waals surface area contributed by atoms with Gasteiger partial charge < -0.3 is 18.6 Å². The van der Waals surface area contributed by atoms with Crippen LogP contribution < -0.4 is 0 Å². The van der Waals surface area contributed by atoms with E-state index in [1.165, 1.54) is 0 Å². The third-order valence-electron chi connectivity index (χ3n) is 4.43. The van der Waals surface area contributed by atoms with Crippen LogP contribution in [0.15, 0.2) is 12.7 Å². The quantitative estimate of drug-likeness (QED) is 0.294. The Hall–Kier alpha value is 0.0269. The van der Waals surface area contributed by atoms with E-state index >= 15 is 0 Å². The largest absolute Gasteiger partial charge is 0.411 e. The standard InChI is InChI=1S/C17H37O5PSi/c1-9-12-15(18)16(22-24(7,8)17(4,5)6)13-14-23(19,20-10-2)21-11-3/h9,15-16,18H,1,10-14H2,2-8H3/t15?,16-/m0/s1. The smallest absolute Gasteiger partial charge is 0.330 e. The molecule has 0 aromatic heterocycles. The molecule has 24 heavy (non-hydrogen) atoms. The molecule has 0 saturated heterocycles. The van der Waals surface area contributed by atoms with E-state index in [0.717, 1.165) is 0 Å². The molecule has 0 heterocycles. The van der Waals surface area contributed by atoms with E-state index in [0.29, 0.717) is 26.1 Å². The Bertz CT molecular complexity index is 410. The van der Waals surface area contributed by atoms with Crippen molar-refractivity contribution in [1.82, 2.24) is 0 Å². The molecular formula is C17H37O5PSi. The lowest BCUT2D eigenvalue weighted by Crippen LogP contribution is -2.47. The van der Waals surface area contributed by atoms with Gasteiger partial charge in [0.2, 0.25) is 0 Å². The van der Waals surface area contributed by atoms with E-state index in [-0.39, 0.29) is 11.2 Å². The van der Waals surface area contributed by atoms with Crippen LogP contribution in [-0.4, -0.2) is 45.0 Å². The zero-order valence-electron chi connectivity index (χ0n) is 16.5. The van der Waals surface area contributed by atoms with Gasteiger partial charge in [0, 0.05) is 0 Å². The molecule has 0 aromatic rings. The van der Waals surface area contributed by atoms with Crippen molar-refractivity contribution in [3.05, 3.63) is 12.7 Å². The van der Waals surface area contributed by atoms with Crippen LogP contribution in [0.4, 0.5) is 0 Å². The van der Waals surface area contributed by atoms with Crippen molar-refractivity contribution >= 4 is 15.9 Å². The van der Waals surface area contributed by atoms with Crippen LogP contribution >= 0.6 is 7.60 Å². The summed E-state index contributed by atoms with van der Waals surface area (Å²) in [4.78, 5) is 0. The molecule has 2 atom stereocenters. The van der Waals surface area contributed by atoms with Crippen LogP contribution in [0, 0.1) is 0 Å². The van der Waals surface area contributed by atoms with E-state index in [1.54, 1.807) is 19.9 Å². The molecule has 0 saturated carbocycles. The topological polar surface area (TPSA) is 65.0 Å². The molecule has 0 rings (SSSR count). The number of aliphatic hydroxyl groups excluding tert-OH is 1. The summed E-state index contributed by atoms with van der Waals surface area (Å²) in [6, 6.07) is 0. The highest BCUT2D eigenvalue weighted by atomic mass is 31.2. The van der Waals surface area contributed by atoms with Gasteiger partial charge in [0.25, 0.3) is 0 Å². The van der Waals surface area contributed by atoms with Gasteiger partial charge in [-0.25, -0.2) is 0 Å². The summed E-state index contributed by atoms with van der Waals surface area (Å²) in [6.45, 7) is 18.7. The molecule has 0 aliphatic heterocycles. The summed E-state index contributed by atoms with van der Waals surface area (Å²) >= 11 is 0. The summed E-state index contributed by atoms with van der Waals surface area (Å²) in [5.41, 5.74) is 0. The Morgan fingerprint density at radius 2 is 1.71 bits per heavy atom. The first-order chi connectivity index (χ1) is 10.9. The Labute approximate surface area is 149 Å². The molecule has 1 N–H and O–H groups in total. The van der Waals surface area contributed by atoms with E-state index in [2.05, 4.69) is 40.4 Å². The molecule has 0 aliphatic carbocycles. The number of hydrogen-bond donors (Lipinski definition) is 1. The first-order valence-corrected chi connectivity index (χ1v) is 13.4. The maximum absolute atomic E-state index is 12.7. The summed E-state index contributed by atoms with van der Waals surface area (Å²) < 4.78 is 29.7. The zero-order valence-corrected chi connectivity index (χ0v) is 18.4. The molecule has 0 bridgehead atoms. The molecule has 0 amide bonds. The lowest BCUT2D eigenvalue weighted by Gasteiger charge is -2.40. The highest BCUT2D eigenvalue weighted by molar-refractivity contribution is 7.53. The Balaban J connectivity index is 5.15. The normalized spacial score (nSPS) is 16.0. The molecule has 0 fully saturated rings. The fourth-order valence-electron chi connectivity index (χ4n) is 2.05. The van der Waals surface area contributed by atoms with Crippen molar-refractivity contribution in [3.8, 4) is 0 Å². The summed E-state index contributed by atoms with van der Waals surface area (Å²) in [5.74, 6) is 0. The van der Waals surface area contributed by atoms with Crippen LogP contribution in [-0.2, 0) is 18.0 Å². The van der Waals surface area contributed by atoms with E-state index in [1.807, 2.05) is 0 Å². The SMILES string of the molecule is C=CCC(O)[C@H](CCP(=O)(OCC)OCC)O[Si](C)(C)C(C)(C)C. The van der Waals surface area contributed by atoms with Gasteiger partial charge in [0.1, 0.15) is 0 Å². The van der Waals surface area contributed by atoms with Gasteiger partial charge in [0.05, 0.1) is 31.6 Å². The van der Waals surface area contributed by atoms with Crippen molar-refractivity contribution < 1.29 is 23.1 Å². The van der Waals surface area contributed by atoms with Crippen LogP contribution in [0.2, 0.25) is 18.1 Å². The number of hydrogen-bond acceptors (Lipinski definition) is 5. The van der Waals surface area contributed by atoms with Gasteiger partial charge in [-0.05, 0) is 44.8 Å². The minimum atomic E-state index is -3.14. The molecule has 1 unspecified atom stereocenters. The third-order valence-corrected chi connectivity index (χ3v) is 11.0. The first kappa shape index (κ1) is 24.0. The molecule has 144 valence electrons. The predicted octanol–water partition coefficient (Wildman–Crippen LogP) is 4.97. The minimum Gasteiger partial charge on any atom is -0.411 e. The third kappa shape index (κ3) is 7.94. The fourth-order valence-corrected chi connectivity index (χ4v) is 5.13. The first-order valence-electron chi connectivity index (χ1n) is 8.77. The van der Waals surface area contributed by atoms with Crippen LogP contribution in [0.1, 0.15) is 47.5 Å². The fraction of sp³-hybridized carbons (Fsp3) is 0.882. The monoisotopic (exact) mass is 380 g/mol. The molecular weight excluding hydrogens is 343 g/mol. The molecule has 0 spiro atoms. The summed E-state index contributed by atoms with van der Waals surface area (Å²) in [6.07, 6.45) is 1.71. The molecule has 5 nitrogen and oxygen atoms in total. The van der Waals surface area contributed by atoms with Crippen molar-refractivity contribution in [1.29, 1.82) is 0 Å². The second-order valence-electron chi connectivity index (χ2n) is 7.47. The Kier molecular flexibility index (Phi) is 10.3. The van der Waals surface area contributed by atoms with E-state index in [4.69, 9.17) is 13.5 Å². The van der Waals surface area contributed by atoms with Crippen molar-refractivity contribution in [2.45, 2.75) is 77.8 Å². The van der Waals surface area contributed by atoms with E-state index < -0.39 is 28.1 Å². The highest BCUT2D eigenvalue weighted by Gasteiger charge is 2.41. The average Bonchev–Trinajstić information content (AvgIpc) is 2.43. The Morgan fingerprint density at radius 1 is 1.21 bits per heavy atom. The minimum absolute atomic E-state index is 0.0304.